The van der Waals surface area contributed by atoms with Crippen LogP contribution in [0.4, 0.5) is 5.69 Å². The molecule has 2 heterocycles. The van der Waals surface area contributed by atoms with E-state index in [4.69, 9.17) is 13.9 Å². The van der Waals surface area contributed by atoms with Gasteiger partial charge in [-0.1, -0.05) is 0 Å². The highest BCUT2D eigenvalue weighted by atomic mass is 16.7. The number of furan rings is 1. The molecule has 3 rings (SSSR count). The summed E-state index contributed by atoms with van der Waals surface area (Å²) in [4.78, 5) is 0. The second-order valence-corrected chi connectivity index (χ2v) is 5.58. The average Bonchev–Trinajstić information content (AvgIpc) is 2.90. The topological polar surface area (TPSA) is 43.6 Å². The first kappa shape index (κ1) is 12.9. The number of ether oxygens (including phenoxy) is 2. The zero-order valence-electron chi connectivity index (χ0n) is 12.2. The van der Waals surface area contributed by atoms with Gasteiger partial charge in [0, 0.05) is 25.6 Å². The van der Waals surface area contributed by atoms with Crippen LogP contribution >= 0.6 is 0 Å². The minimum absolute atomic E-state index is 0.0945. The van der Waals surface area contributed by atoms with Crippen LogP contribution in [0.1, 0.15) is 38.3 Å². The minimum Gasteiger partial charge on any atom is -0.464 e. The van der Waals surface area contributed by atoms with Crippen molar-refractivity contribution in [2.75, 3.05) is 5.32 Å². The number of fused-ring (bicyclic) bond motifs is 1. The third-order valence-corrected chi connectivity index (χ3v) is 3.23. The molecule has 4 nitrogen and oxygen atoms in total. The van der Waals surface area contributed by atoms with Crippen LogP contribution in [0.2, 0.25) is 0 Å². The van der Waals surface area contributed by atoms with Crippen molar-refractivity contribution in [1.29, 1.82) is 0 Å². The van der Waals surface area contributed by atoms with Gasteiger partial charge in [-0.05, 0) is 38.1 Å². The van der Waals surface area contributed by atoms with Gasteiger partial charge in [-0.2, -0.15) is 0 Å². The number of benzene rings is 1. The number of nitrogens with one attached hydrogen (secondary N) is 1. The molecule has 1 aliphatic heterocycles. The Kier molecular flexibility index (Phi) is 2.89. The lowest BCUT2D eigenvalue weighted by Gasteiger charge is -2.16. The molecule has 106 valence electrons. The SMILES string of the molecule is Cc1ccc(C(C)Nc2ccc3c(c2)OC(C)(C)O3)o1. The van der Waals surface area contributed by atoms with Gasteiger partial charge in [-0.25, -0.2) is 0 Å². The number of hydrogen-bond acceptors (Lipinski definition) is 4. The Balaban J connectivity index is 1.76. The van der Waals surface area contributed by atoms with Gasteiger partial charge in [-0.3, -0.25) is 0 Å². The van der Waals surface area contributed by atoms with Gasteiger partial charge < -0.3 is 19.2 Å². The number of rotatable bonds is 3. The minimum atomic E-state index is -0.593. The van der Waals surface area contributed by atoms with Crippen molar-refractivity contribution in [3.63, 3.8) is 0 Å². The van der Waals surface area contributed by atoms with Crippen molar-refractivity contribution in [2.24, 2.45) is 0 Å². The van der Waals surface area contributed by atoms with Gasteiger partial charge in [0.05, 0.1) is 6.04 Å². The van der Waals surface area contributed by atoms with Crippen LogP contribution in [-0.4, -0.2) is 5.79 Å². The molecule has 2 aromatic rings. The average molecular weight is 273 g/mol. The number of aryl methyl sites for hydroxylation is 1. The Labute approximate surface area is 118 Å². The van der Waals surface area contributed by atoms with E-state index in [0.29, 0.717) is 0 Å². The highest BCUT2D eigenvalue weighted by molar-refractivity contribution is 5.56. The molecule has 0 saturated heterocycles. The molecular formula is C16H19NO3. The molecule has 0 radical (unpaired) electrons. The highest BCUT2D eigenvalue weighted by Crippen LogP contribution is 2.41. The van der Waals surface area contributed by atoms with E-state index in [0.717, 1.165) is 28.7 Å². The van der Waals surface area contributed by atoms with E-state index in [1.807, 2.05) is 51.1 Å². The first-order valence-electron chi connectivity index (χ1n) is 6.78. The van der Waals surface area contributed by atoms with Crippen LogP contribution in [0.15, 0.2) is 34.7 Å². The summed E-state index contributed by atoms with van der Waals surface area (Å²) in [6, 6.07) is 9.91. The lowest BCUT2D eigenvalue weighted by Crippen LogP contribution is -2.29. The Morgan fingerprint density at radius 3 is 2.50 bits per heavy atom. The smallest absolute Gasteiger partial charge is 0.246 e. The zero-order valence-corrected chi connectivity index (χ0v) is 12.2. The van der Waals surface area contributed by atoms with Crippen molar-refractivity contribution in [2.45, 2.75) is 39.5 Å². The first-order valence-corrected chi connectivity index (χ1v) is 6.78. The molecular weight excluding hydrogens is 254 g/mol. The monoisotopic (exact) mass is 273 g/mol. The predicted molar refractivity (Wildman–Crippen MR) is 77.3 cm³/mol. The lowest BCUT2D eigenvalue weighted by molar-refractivity contribution is -0.0431. The normalized spacial score (nSPS) is 17.0. The maximum absolute atomic E-state index is 5.74. The second-order valence-electron chi connectivity index (χ2n) is 5.58. The van der Waals surface area contributed by atoms with Crippen LogP contribution in [0.25, 0.3) is 0 Å². The molecule has 1 aromatic heterocycles. The van der Waals surface area contributed by atoms with Gasteiger partial charge in [-0.15, -0.1) is 0 Å². The van der Waals surface area contributed by atoms with Crippen LogP contribution in [-0.2, 0) is 0 Å². The van der Waals surface area contributed by atoms with E-state index >= 15 is 0 Å². The molecule has 1 atom stereocenters. The van der Waals surface area contributed by atoms with Crippen molar-refractivity contribution in [1.82, 2.24) is 0 Å². The van der Waals surface area contributed by atoms with Crippen LogP contribution in [0.5, 0.6) is 11.5 Å². The van der Waals surface area contributed by atoms with Crippen molar-refractivity contribution >= 4 is 5.69 Å². The molecule has 0 aliphatic carbocycles. The van der Waals surface area contributed by atoms with Crippen LogP contribution < -0.4 is 14.8 Å². The van der Waals surface area contributed by atoms with Crippen molar-refractivity contribution in [3.05, 3.63) is 41.9 Å². The summed E-state index contributed by atoms with van der Waals surface area (Å²) in [5.74, 6) is 2.79. The molecule has 0 saturated carbocycles. The summed E-state index contributed by atoms with van der Waals surface area (Å²) in [6.45, 7) is 7.80. The third kappa shape index (κ3) is 2.46. The Hall–Kier alpha value is -2.10. The fourth-order valence-electron chi connectivity index (χ4n) is 2.32. The lowest BCUT2D eigenvalue weighted by atomic mass is 10.2. The maximum atomic E-state index is 5.74. The first-order chi connectivity index (χ1) is 9.43. The molecule has 0 fully saturated rings. The van der Waals surface area contributed by atoms with Crippen LogP contribution in [0.3, 0.4) is 0 Å². The summed E-state index contributed by atoms with van der Waals surface area (Å²) >= 11 is 0. The van der Waals surface area contributed by atoms with Crippen LogP contribution in [0, 0.1) is 6.92 Å². The van der Waals surface area contributed by atoms with Crippen molar-refractivity contribution in [3.8, 4) is 11.5 Å². The quantitative estimate of drug-likeness (QED) is 0.907. The van der Waals surface area contributed by atoms with Gasteiger partial charge in [0.1, 0.15) is 11.5 Å². The Morgan fingerprint density at radius 2 is 1.80 bits per heavy atom. The maximum Gasteiger partial charge on any atom is 0.246 e. The molecule has 1 aromatic carbocycles. The summed E-state index contributed by atoms with van der Waals surface area (Å²) in [6.07, 6.45) is 0. The third-order valence-electron chi connectivity index (χ3n) is 3.23. The molecule has 1 N–H and O–H groups in total. The summed E-state index contributed by atoms with van der Waals surface area (Å²) in [5.41, 5.74) is 0.978. The summed E-state index contributed by atoms with van der Waals surface area (Å²) < 4.78 is 17.0. The molecule has 0 spiro atoms. The number of anilines is 1. The second kappa shape index (κ2) is 4.47. The van der Waals surface area contributed by atoms with E-state index in [1.54, 1.807) is 0 Å². The summed E-state index contributed by atoms with van der Waals surface area (Å²) in [7, 11) is 0. The van der Waals surface area contributed by atoms with Gasteiger partial charge in [0.25, 0.3) is 0 Å². The van der Waals surface area contributed by atoms with Gasteiger partial charge in [0.15, 0.2) is 11.5 Å². The molecule has 0 amide bonds. The molecule has 0 bridgehead atoms. The van der Waals surface area contributed by atoms with E-state index in [2.05, 4.69) is 12.2 Å². The van der Waals surface area contributed by atoms with Gasteiger partial charge >= 0.3 is 0 Å². The molecule has 1 aliphatic rings. The van der Waals surface area contributed by atoms with E-state index < -0.39 is 5.79 Å². The van der Waals surface area contributed by atoms with Crippen molar-refractivity contribution < 1.29 is 13.9 Å². The van der Waals surface area contributed by atoms with E-state index in [9.17, 15) is 0 Å². The Morgan fingerprint density at radius 1 is 1.05 bits per heavy atom. The predicted octanol–water partition coefficient (Wildman–Crippen LogP) is 4.27. The molecule has 20 heavy (non-hydrogen) atoms. The summed E-state index contributed by atoms with van der Waals surface area (Å²) in [5, 5.41) is 3.40. The van der Waals surface area contributed by atoms with E-state index in [-0.39, 0.29) is 6.04 Å². The molecule has 4 heteroatoms. The fourth-order valence-corrected chi connectivity index (χ4v) is 2.32. The highest BCUT2D eigenvalue weighted by Gasteiger charge is 2.31. The zero-order chi connectivity index (χ0) is 14.3. The van der Waals surface area contributed by atoms with E-state index in [1.165, 1.54) is 0 Å². The Bertz CT molecular complexity index is 630. The van der Waals surface area contributed by atoms with Gasteiger partial charge in [0.2, 0.25) is 5.79 Å². The molecule has 1 unspecified atom stereocenters. The largest absolute Gasteiger partial charge is 0.464 e. The fraction of sp³-hybridized carbons (Fsp3) is 0.375. The number of hydrogen-bond donors (Lipinski definition) is 1. The standard InChI is InChI=1S/C16H19NO3/c1-10-5-7-13(18-10)11(2)17-12-6-8-14-15(9-12)20-16(3,4)19-14/h5-9,11,17H,1-4H3.